The minimum atomic E-state index is -0.00821. The number of amides is 2. The van der Waals surface area contributed by atoms with E-state index in [1.54, 1.807) is 11.8 Å². The number of anilines is 2. The Morgan fingerprint density at radius 1 is 1.03 bits per heavy atom. The van der Waals surface area contributed by atoms with E-state index in [-0.39, 0.29) is 11.8 Å². The molecule has 1 N–H and O–H groups in total. The van der Waals surface area contributed by atoms with Crippen molar-refractivity contribution in [1.29, 1.82) is 0 Å². The molecule has 1 fully saturated rings. The van der Waals surface area contributed by atoms with Crippen LogP contribution >= 0.6 is 11.8 Å². The van der Waals surface area contributed by atoms with Crippen LogP contribution in [-0.2, 0) is 9.53 Å². The van der Waals surface area contributed by atoms with Crippen LogP contribution in [0.4, 0.5) is 11.4 Å². The van der Waals surface area contributed by atoms with Crippen molar-refractivity contribution < 1.29 is 14.3 Å². The number of hydrogen-bond donors (Lipinski definition) is 1. The third kappa shape index (κ3) is 5.22. The summed E-state index contributed by atoms with van der Waals surface area (Å²) < 4.78 is 5.35. The number of carbonyl (C=O) groups is 2. The Bertz CT molecular complexity index is 885. The molecule has 2 amide bonds. The fourth-order valence-electron chi connectivity index (χ4n) is 3.75. The number of carbonyl (C=O) groups excluding carboxylic acids is 2. The maximum absolute atomic E-state index is 13.0. The molecule has 0 spiro atoms. The van der Waals surface area contributed by atoms with Crippen LogP contribution in [0.1, 0.15) is 23.2 Å². The largest absolute Gasteiger partial charge is 0.379 e. The van der Waals surface area contributed by atoms with Crippen molar-refractivity contribution in [1.82, 2.24) is 4.90 Å². The molecule has 0 atom stereocenters. The molecule has 1 saturated heterocycles. The highest BCUT2D eigenvalue weighted by Crippen LogP contribution is 2.37. The first kappa shape index (κ1) is 20.9. The summed E-state index contributed by atoms with van der Waals surface area (Å²) in [5, 5.41) is 3.00. The van der Waals surface area contributed by atoms with E-state index in [0.717, 1.165) is 61.3 Å². The Kier molecular flexibility index (Phi) is 7.04. The second-order valence-corrected chi connectivity index (χ2v) is 8.60. The van der Waals surface area contributed by atoms with Crippen molar-refractivity contribution in [3.8, 4) is 0 Å². The fraction of sp³-hybridized carbons (Fsp3) is 0.391. The Labute approximate surface area is 181 Å². The average molecular weight is 426 g/mol. The topological polar surface area (TPSA) is 61.9 Å². The molecule has 0 radical (unpaired) electrons. The molecule has 2 aromatic carbocycles. The van der Waals surface area contributed by atoms with Gasteiger partial charge in [-0.1, -0.05) is 18.2 Å². The molecule has 0 bridgehead atoms. The van der Waals surface area contributed by atoms with Gasteiger partial charge in [0, 0.05) is 48.0 Å². The Balaban J connectivity index is 1.38. The summed E-state index contributed by atoms with van der Waals surface area (Å²) >= 11 is 1.74. The first-order valence-electron chi connectivity index (χ1n) is 10.4. The smallest absolute Gasteiger partial charge is 0.258 e. The van der Waals surface area contributed by atoms with E-state index in [1.807, 2.05) is 53.4 Å². The van der Waals surface area contributed by atoms with Gasteiger partial charge in [0.25, 0.3) is 5.91 Å². The normalized spacial score (nSPS) is 16.7. The van der Waals surface area contributed by atoms with Gasteiger partial charge in [-0.15, -0.1) is 11.8 Å². The molecule has 0 aliphatic carbocycles. The average Bonchev–Trinajstić information content (AvgIpc) is 2.79. The SMILES string of the molecule is O=C(CCCN1CCOCC1)Nc1ccc2c(c1)N(C(=O)c1ccccc1)CCS2. The summed E-state index contributed by atoms with van der Waals surface area (Å²) in [5.41, 5.74) is 2.28. The van der Waals surface area contributed by atoms with E-state index in [2.05, 4.69) is 10.2 Å². The minimum absolute atomic E-state index is 0.00704. The van der Waals surface area contributed by atoms with E-state index in [4.69, 9.17) is 4.74 Å². The number of morpholine rings is 1. The number of hydrogen-bond acceptors (Lipinski definition) is 5. The maximum atomic E-state index is 13.0. The second kappa shape index (κ2) is 10.1. The van der Waals surface area contributed by atoms with Crippen LogP contribution < -0.4 is 10.2 Å². The van der Waals surface area contributed by atoms with E-state index >= 15 is 0 Å². The highest BCUT2D eigenvalue weighted by atomic mass is 32.2. The summed E-state index contributed by atoms with van der Waals surface area (Å²) in [7, 11) is 0. The van der Waals surface area contributed by atoms with Crippen molar-refractivity contribution in [3.05, 3.63) is 54.1 Å². The lowest BCUT2D eigenvalue weighted by molar-refractivity contribution is -0.116. The molecule has 0 saturated carbocycles. The first-order chi connectivity index (χ1) is 14.7. The van der Waals surface area contributed by atoms with Gasteiger partial charge in [0.1, 0.15) is 0 Å². The number of ether oxygens (including phenoxy) is 1. The molecule has 2 aromatic rings. The second-order valence-electron chi connectivity index (χ2n) is 7.46. The molecule has 4 rings (SSSR count). The molecule has 2 aliphatic heterocycles. The van der Waals surface area contributed by atoms with Gasteiger partial charge in [-0.25, -0.2) is 0 Å². The summed E-state index contributed by atoms with van der Waals surface area (Å²) in [6, 6.07) is 15.2. The Morgan fingerprint density at radius 3 is 2.63 bits per heavy atom. The number of thioether (sulfide) groups is 1. The summed E-state index contributed by atoms with van der Waals surface area (Å²) in [5.74, 6) is 0.859. The lowest BCUT2D eigenvalue weighted by Crippen LogP contribution is -2.37. The molecular formula is C23H27N3O3S. The number of benzene rings is 2. The quantitative estimate of drug-likeness (QED) is 0.768. The highest BCUT2D eigenvalue weighted by molar-refractivity contribution is 7.99. The standard InChI is InChI=1S/C23H27N3O3S/c27-22(7-4-10-25-11-14-29-15-12-25)24-19-8-9-21-20(17-19)26(13-16-30-21)23(28)18-5-2-1-3-6-18/h1-3,5-6,8-9,17H,4,7,10-16H2,(H,24,27). The van der Waals surface area contributed by atoms with E-state index < -0.39 is 0 Å². The van der Waals surface area contributed by atoms with Crippen molar-refractivity contribution in [2.24, 2.45) is 0 Å². The van der Waals surface area contributed by atoms with Gasteiger partial charge < -0.3 is 15.0 Å². The molecule has 0 aromatic heterocycles. The Hall–Kier alpha value is -2.35. The van der Waals surface area contributed by atoms with Crippen LogP contribution in [0.15, 0.2) is 53.4 Å². The molecule has 2 heterocycles. The van der Waals surface area contributed by atoms with E-state index in [1.165, 1.54) is 0 Å². The van der Waals surface area contributed by atoms with E-state index in [9.17, 15) is 9.59 Å². The molecule has 0 unspecified atom stereocenters. The van der Waals surface area contributed by atoms with Gasteiger partial charge >= 0.3 is 0 Å². The van der Waals surface area contributed by atoms with Crippen LogP contribution in [0.5, 0.6) is 0 Å². The molecule has 30 heavy (non-hydrogen) atoms. The predicted octanol–water partition coefficient (Wildman–Crippen LogP) is 3.49. The molecule has 6 nitrogen and oxygen atoms in total. The maximum Gasteiger partial charge on any atom is 0.258 e. The molecule has 158 valence electrons. The molecule has 7 heteroatoms. The van der Waals surface area contributed by atoms with Gasteiger partial charge in [-0.2, -0.15) is 0 Å². The van der Waals surface area contributed by atoms with Crippen LogP contribution in [0.2, 0.25) is 0 Å². The van der Waals surface area contributed by atoms with Gasteiger partial charge in [-0.3, -0.25) is 14.5 Å². The zero-order chi connectivity index (χ0) is 20.8. The van der Waals surface area contributed by atoms with Crippen molar-refractivity contribution >= 4 is 35.0 Å². The third-order valence-corrected chi connectivity index (χ3v) is 6.40. The van der Waals surface area contributed by atoms with Gasteiger partial charge in [0.15, 0.2) is 0 Å². The summed E-state index contributed by atoms with van der Waals surface area (Å²) in [6.07, 6.45) is 1.31. The molecular weight excluding hydrogens is 398 g/mol. The summed E-state index contributed by atoms with van der Waals surface area (Å²) in [6.45, 7) is 5.00. The lowest BCUT2D eigenvalue weighted by Gasteiger charge is -2.29. The van der Waals surface area contributed by atoms with Crippen molar-refractivity contribution in [2.45, 2.75) is 17.7 Å². The predicted molar refractivity (Wildman–Crippen MR) is 120 cm³/mol. The minimum Gasteiger partial charge on any atom is -0.379 e. The highest BCUT2D eigenvalue weighted by Gasteiger charge is 2.24. The Morgan fingerprint density at radius 2 is 1.83 bits per heavy atom. The van der Waals surface area contributed by atoms with Crippen LogP contribution in [0.25, 0.3) is 0 Å². The lowest BCUT2D eigenvalue weighted by atomic mass is 10.1. The third-order valence-electron chi connectivity index (χ3n) is 5.35. The van der Waals surface area contributed by atoms with Crippen molar-refractivity contribution in [2.75, 3.05) is 55.4 Å². The fourth-order valence-corrected chi connectivity index (χ4v) is 4.73. The monoisotopic (exact) mass is 425 g/mol. The zero-order valence-electron chi connectivity index (χ0n) is 17.0. The number of fused-ring (bicyclic) bond motifs is 1. The van der Waals surface area contributed by atoms with Gasteiger partial charge in [0.05, 0.1) is 18.9 Å². The number of nitrogens with one attached hydrogen (secondary N) is 1. The van der Waals surface area contributed by atoms with Crippen LogP contribution in [-0.4, -0.2) is 61.9 Å². The van der Waals surface area contributed by atoms with Gasteiger partial charge in [0.2, 0.25) is 5.91 Å². The molecule has 2 aliphatic rings. The van der Waals surface area contributed by atoms with Crippen molar-refractivity contribution in [3.63, 3.8) is 0 Å². The number of nitrogens with zero attached hydrogens (tertiary/aromatic N) is 2. The zero-order valence-corrected chi connectivity index (χ0v) is 17.8. The van der Waals surface area contributed by atoms with Crippen LogP contribution in [0.3, 0.4) is 0 Å². The summed E-state index contributed by atoms with van der Waals surface area (Å²) in [4.78, 5) is 30.6. The number of rotatable bonds is 6. The first-order valence-corrected chi connectivity index (χ1v) is 11.4. The van der Waals surface area contributed by atoms with Crippen LogP contribution in [0, 0.1) is 0 Å². The van der Waals surface area contributed by atoms with Gasteiger partial charge in [-0.05, 0) is 43.3 Å². The van der Waals surface area contributed by atoms with E-state index in [0.29, 0.717) is 18.5 Å².